The smallest absolute Gasteiger partial charge is 0.326 e. The van der Waals surface area contributed by atoms with Crippen LogP contribution in [-0.2, 0) is 20.6 Å². The van der Waals surface area contributed by atoms with Gasteiger partial charge in [-0.1, -0.05) is 18.2 Å². The number of amides is 1. The number of hydrogen-bond donors (Lipinski definition) is 3. The Bertz CT molecular complexity index is 552. The number of nitrogens with zero attached hydrogens (tertiary/aromatic N) is 1. The predicted octanol–water partition coefficient (Wildman–Crippen LogP) is -0.688. The lowest BCUT2D eigenvalue weighted by Crippen LogP contribution is -2.44. The third kappa shape index (κ3) is 3.66. The van der Waals surface area contributed by atoms with Crippen molar-refractivity contribution in [1.29, 1.82) is 0 Å². The minimum Gasteiger partial charge on any atom is -0.480 e. The second-order valence-electron chi connectivity index (χ2n) is 4.74. The minimum absolute atomic E-state index is 0.186. The monoisotopic (exact) mass is 311 g/mol. The Morgan fingerprint density at radius 3 is 2.62 bits per heavy atom. The van der Waals surface area contributed by atoms with Crippen molar-refractivity contribution in [3.05, 3.63) is 30.3 Å². The Hall–Kier alpha value is -1.77. The Morgan fingerprint density at radius 1 is 1.38 bits per heavy atom. The summed E-state index contributed by atoms with van der Waals surface area (Å²) >= 11 is 0. The van der Waals surface area contributed by atoms with Gasteiger partial charge < -0.3 is 15.7 Å². The van der Waals surface area contributed by atoms with E-state index in [-0.39, 0.29) is 25.6 Å². The zero-order valence-electron chi connectivity index (χ0n) is 11.3. The fourth-order valence-electron chi connectivity index (χ4n) is 2.31. The Labute approximate surface area is 124 Å². The zero-order chi connectivity index (χ0) is 15.4. The first-order valence-corrected chi connectivity index (χ1v) is 7.63. The minimum atomic E-state index is -1.44. The van der Waals surface area contributed by atoms with Crippen LogP contribution < -0.4 is 10.5 Å². The van der Waals surface area contributed by atoms with Crippen molar-refractivity contribution in [3.63, 3.8) is 0 Å². The molecule has 1 saturated heterocycles. The number of aliphatic carboxylic acids is 1. The van der Waals surface area contributed by atoms with Crippen molar-refractivity contribution < 1.29 is 18.9 Å². The molecule has 2 rings (SSSR count). The van der Waals surface area contributed by atoms with Crippen molar-refractivity contribution >= 4 is 22.9 Å². The van der Waals surface area contributed by atoms with Crippen molar-refractivity contribution in [1.82, 2.24) is 9.62 Å². The third-order valence-electron chi connectivity index (χ3n) is 3.31. The van der Waals surface area contributed by atoms with Crippen LogP contribution in [0.15, 0.2) is 35.2 Å². The number of benzene rings is 1. The van der Waals surface area contributed by atoms with Gasteiger partial charge in [0.2, 0.25) is 5.91 Å². The molecule has 3 unspecified atom stereocenters. The second-order valence-corrected chi connectivity index (χ2v) is 5.98. The summed E-state index contributed by atoms with van der Waals surface area (Å²) in [6.07, 6.45) is 0.208. The first-order valence-electron chi connectivity index (χ1n) is 6.48. The standard InChI is InChI=1S/C13H17N3O4S/c14-7-12(17)16-8-9(6-11(16)13(18)19)15-21(20)10-4-2-1-3-5-10/h1-5,9,11,15H,6-8,14H2,(H,18,19). The van der Waals surface area contributed by atoms with E-state index in [2.05, 4.69) is 4.72 Å². The van der Waals surface area contributed by atoms with E-state index in [9.17, 15) is 13.8 Å². The van der Waals surface area contributed by atoms with E-state index in [4.69, 9.17) is 10.8 Å². The van der Waals surface area contributed by atoms with Crippen LogP contribution in [0.5, 0.6) is 0 Å². The highest BCUT2D eigenvalue weighted by Crippen LogP contribution is 2.19. The van der Waals surface area contributed by atoms with Gasteiger partial charge in [-0.05, 0) is 18.6 Å². The molecular weight excluding hydrogens is 294 g/mol. The molecule has 0 radical (unpaired) electrons. The Kier molecular flexibility index (Phi) is 5.05. The van der Waals surface area contributed by atoms with E-state index in [0.717, 1.165) is 0 Å². The summed E-state index contributed by atoms with van der Waals surface area (Å²) < 4.78 is 15.0. The second kappa shape index (κ2) is 6.79. The van der Waals surface area contributed by atoms with Gasteiger partial charge in [-0.25, -0.2) is 13.7 Å². The van der Waals surface area contributed by atoms with E-state index < -0.39 is 28.9 Å². The van der Waals surface area contributed by atoms with Crippen molar-refractivity contribution in [2.24, 2.45) is 5.73 Å². The Morgan fingerprint density at radius 2 is 2.05 bits per heavy atom. The van der Waals surface area contributed by atoms with E-state index in [1.54, 1.807) is 24.3 Å². The summed E-state index contributed by atoms with van der Waals surface area (Å²) in [4.78, 5) is 24.7. The van der Waals surface area contributed by atoms with Crippen molar-refractivity contribution in [2.45, 2.75) is 23.4 Å². The fraction of sp³-hybridized carbons (Fsp3) is 0.385. The van der Waals surface area contributed by atoms with Gasteiger partial charge in [-0.2, -0.15) is 0 Å². The fourth-order valence-corrected chi connectivity index (χ4v) is 3.33. The lowest BCUT2D eigenvalue weighted by atomic mass is 10.2. The molecule has 1 aromatic rings. The summed E-state index contributed by atoms with van der Waals surface area (Å²) in [6, 6.07) is 7.53. The first-order chi connectivity index (χ1) is 10.0. The van der Waals surface area contributed by atoms with Gasteiger partial charge in [-0.15, -0.1) is 0 Å². The average Bonchev–Trinajstić information content (AvgIpc) is 2.91. The van der Waals surface area contributed by atoms with E-state index in [1.807, 2.05) is 6.07 Å². The molecular formula is C13H17N3O4S. The van der Waals surface area contributed by atoms with Crippen molar-refractivity contribution in [2.75, 3.05) is 13.1 Å². The van der Waals surface area contributed by atoms with Crippen molar-refractivity contribution in [3.8, 4) is 0 Å². The topological polar surface area (TPSA) is 113 Å². The number of hydrogen-bond acceptors (Lipinski definition) is 4. The molecule has 0 aromatic heterocycles. The molecule has 0 aliphatic carbocycles. The zero-order valence-corrected chi connectivity index (χ0v) is 12.1. The lowest BCUT2D eigenvalue weighted by molar-refractivity contribution is -0.147. The van der Waals surface area contributed by atoms with Crippen LogP contribution in [0.3, 0.4) is 0 Å². The summed E-state index contributed by atoms with van der Waals surface area (Å²) in [5, 5.41) is 9.16. The third-order valence-corrected chi connectivity index (χ3v) is 4.56. The molecule has 1 heterocycles. The predicted molar refractivity (Wildman–Crippen MR) is 76.6 cm³/mol. The highest BCUT2D eigenvalue weighted by Gasteiger charge is 2.39. The van der Waals surface area contributed by atoms with Crippen LogP contribution in [0.1, 0.15) is 6.42 Å². The van der Waals surface area contributed by atoms with Gasteiger partial charge in [0.25, 0.3) is 0 Å². The molecule has 1 aliphatic heterocycles. The highest BCUT2D eigenvalue weighted by molar-refractivity contribution is 7.83. The molecule has 0 spiro atoms. The van der Waals surface area contributed by atoms with Gasteiger partial charge in [0.05, 0.1) is 11.4 Å². The van der Waals surface area contributed by atoms with Crippen LogP contribution in [0.2, 0.25) is 0 Å². The molecule has 114 valence electrons. The number of nitrogens with one attached hydrogen (secondary N) is 1. The largest absolute Gasteiger partial charge is 0.480 e. The maximum Gasteiger partial charge on any atom is 0.326 e. The Balaban J connectivity index is 2.04. The number of carboxylic acid groups (broad SMARTS) is 1. The molecule has 4 N–H and O–H groups in total. The summed E-state index contributed by atoms with van der Waals surface area (Å²) in [5.41, 5.74) is 5.29. The van der Waals surface area contributed by atoms with Crippen LogP contribution in [0.25, 0.3) is 0 Å². The molecule has 1 fully saturated rings. The van der Waals surface area contributed by atoms with Crippen LogP contribution in [0.4, 0.5) is 0 Å². The van der Waals surface area contributed by atoms with E-state index in [0.29, 0.717) is 4.90 Å². The number of likely N-dealkylation sites (tertiary alicyclic amines) is 1. The quantitative estimate of drug-likeness (QED) is 0.666. The van der Waals surface area contributed by atoms with Gasteiger partial charge in [0, 0.05) is 12.6 Å². The normalized spacial score (nSPS) is 23.0. The maximum absolute atomic E-state index is 12.1. The molecule has 0 bridgehead atoms. The SMILES string of the molecule is NCC(=O)N1CC(NS(=O)c2ccccc2)CC1C(=O)O. The number of carbonyl (C=O) groups excluding carboxylic acids is 1. The lowest BCUT2D eigenvalue weighted by Gasteiger charge is -2.20. The van der Waals surface area contributed by atoms with Gasteiger partial charge >= 0.3 is 5.97 Å². The molecule has 1 aliphatic rings. The molecule has 3 atom stereocenters. The van der Waals surface area contributed by atoms with E-state index in [1.165, 1.54) is 4.90 Å². The molecule has 0 saturated carbocycles. The van der Waals surface area contributed by atoms with Gasteiger partial charge in [0.15, 0.2) is 0 Å². The van der Waals surface area contributed by atoms with Crippen LogP contribution in [0, 0.1) is 0 Å². The summed E-state index contributed by atoms with van der Waals surface area (Å²) in [6.45, 7) is -0.0517. The molecule has 1 amide bonds. The van der Waals surface area contributed by atoms with Crippen LogP contribution >= 0.6 is 0 Å². The highest BCUT2D eigenvalue weighted by atomic mass is 32.2. The molecule has 7 nitrogen and oxygen atoms in total. The number of nitrogens with two attached hydrogens (primary N) is 1. The first kappa shape index (κ1) is 15.6. The number of carboxylic acids is 1. The maximum atomic E-state index is 12.1. The van der Waals surface area contributed by atoms with E-state index >= 15 is 0 Å². The molecule has 8 heteroatoms. The summed E-state index contributed by atoms with van der Waals surface area (Å²) in [5.74, 6) is -1.50. The number of rotatable bonds is 5. The average molecular weight is 311 g/mol. The van der Waals surface area contributed by atoms with Gasteiger partial charge in [-0.3, -0.25) is 4.79 Å². The summed E-state index contributed by atoms with van der Waals surface area (Å²) in [7, 11) is -1.44. The molecule has 21 heavy (non-hydrogen) atoms. The number of carbonyl (C=O) groups is 2. The van der Waals surface area contributed by atoms with Gasteiger partial charge in [0.1, 0.15) is 17.0 Å². The molecule has 1 aromatic carbocycles. The van der Waals surface area contributed by atoms with Crippen LogP contribution in [-0.4, -0.2) is 51.3 Å².